The second kappa shape index (κ2) is 8.50. The first-order valence-electron chi connectivity index (χ1n) is 11.5. The van der Waals surface area contributed by atoms with Gasteiger partial charge in [0, 0.05) is 25.6 Å². The lowest BCUT2D eigenvalue weighted by atomic mass is 9.67. The van der Waals surface area contributed by atoms with Gasteiger partial charge in [-0.2, -0.15) is 0 Å². The van der Waals surface area contributed by atoms with Crippen LogP contribution in [-0.4, -0.2) is 45.3 Å². The number of nitrogens with zero attached hydrogens (tertiary/aromatic N) is 4. The molecule has 0 radical (unpaired) electrons. The van der Waals surface area contributed by atoms with Crippen molar-refractivity contribution >= 4 is 5.91 Å². The molecule has 1 aromatic carbocycles. The van der Waals surface area contributed by atoms with Crippen LogP contribution in [0.1, 0.15) is 62.3 Å². The van der Waals surface area contributed by atoms with Gasteiger partial charge in [0.15, 0.2) is 0 Å². The van der Waals surface area contributed by atoms with Gasteiger partial charge in [0.05, 0.1) is 6.61 Å². The number of ether oxygens (including phenoxy) is 1. The van der Waals surface area contributed by atoms with Gasteiger partial charge in [-0.05, 0) is 42.6 Å². The summed E-state index contributed by atoms with van der Waals surface area (Å²) in [6.07, 6.45) is 10.7. The van der Waals surface area contributed by atoms with Crippen molar-refractivity contribution in [1.29, 1.82) is 0 Å². The van der Waals surface area contributed by atoms with Gasteiger partial charge in [0.1, 0.15) is 18.8 Å². The molecule has 1 aliphatic heterocycles. The third kappa shape index (κ3) is 4.15. The van der Waals surface area contributed by atoms with E-state index in [9.17, 15) is 4.79 Å². The zero-order chi connectivity index (χ0) is 20.4. The predicted molar refractivity (Wildman–Crippen MR) is 114 cm³/mol. The maximum atomic E-state index is 13.0. The Hall–Kier alpha value is -2.21. The average molecular weight is 409 g/mol. The third-order valence-corrected chi connectivity index (χ3v) is 7.30. The number of hydrogen-bond donors (Lipinski definition) is 0. The molecule has 1 aromatic heterocycles. The molecule has 1 atom stereocenters. The molecule has 30 heavy (non-hydrogen) atoms. The monoisotopic (exact) mass is 408 g/mol. The summed E-state index contributed by atoms with van der Waals surface area (Å²) in [5, 5.41) is 8.83. The van der Waals surface area contributed by atoms with Gasteiger partial charge < -0.3 is 14.2 Å². The van der Waals surface area contributed by atoms with E-state index in [4.69, 9.17) is 4.74 Å². The van der Waals surface area contributed by atoms with Gasteiger partial charge in [-0.3, -0.25) is 4.79 Å². The number of amides is 1. The first-order valence-corrected chi connectivity index (χ1v) is 11.5. The highest BCUT2D eigenvalue weighted by molar-refractivity contribution is 5.78. The Morgan fingerprint density at radius 3 is 2.70 bits per heavy atom. The summed E-state index contributed by atoms with van der Waals surface area (Å²) in [5.41, 5.74) is 1.25. The molecule has 5 rings (SSSR count). The smallest absolute Gasteiger partial charge is 0.248 e. The average Bonchev–Trinajstić information content (AvgIpc) is 3.36. The number of carbonyl (C=O) groups is 1. The summed E-state index contributed by atoms with van der Waals surface area (Å²) >= 11 is 0. The van der Waals surface area contributed by atoms with E-state index in [1.807, 2.05) is 41.6 Å². The quantitative estimate of drug-likeness (QED) is 0.700. The maximum Gasteiger partial charge on any atom is 0.248 e. The van der Waals surface area contributed by atoms with Crippen LogP contribution in [0.5, 0.6) is 0 Å². The van der Waals surface area contributed by atoms with Crippen molar-refractivity contribution in [2.75, 3.05) is 19.7 Å². The summed E-state index contributed by atoms with van der Waals surface area (Å²) in [7, 11) is 0. The molecule has 2 aliphatic carbocycles. The van der Waals surface area contributed by atoms with Crippen LogP contribution in [0.3, 0.4) is 0 Å². The first-order chi connectivity index (χ1) is 14.7. The zero-order valence-electron chi connectivity index (χ0n) is 17.7. The molecule has 6 heteroatoms. The van der Waals surface area contributed by atoms with Crippen molar-refractivity contribution in [2.24, 2.45) is 11.3 Å². The summed E-state index contributed by atoms with van der Waals surface area (Å²) in [4.78, 5) is 15.0. The highest BCUT2D eigenvalue weighted by Crippen LogP contribution is 2.51. The van der Waals surface area contributed by atoms with Crippen molar-refractivity contribution in [2.45, 2.75) is 64.0 Å². The minimum absolute atomic E-state index is 0.103. The summed E-state index contributed by atoms with van der Waals surface area (Å²) in [6.45, 7) is 3.23. The highest BCUT2D eigenvalue weighted by atomic mass is 16.5. The number of likely N-dealkylation sites (tertiary alicyclic amines) is 1. The standard InChI is InChI=1S/C24H32N4O2/c29-22(16-30-15-20-7-3-1-4-8-20)27-14-21(24(17-27)11-5-2-6-12-24)23-26-25-18-28(23)13-19-9-10-19/h1,3-4,7-8,18-19,21H,2,5-6,9-17H2. The van der Waals surface area contributed by atoms with Gasteiger partial charge in [-0.15, -0.1) is 10.2 Å². The largest absolute Gasteiger partial charge is 0.367 e. The van der Waals surface area contributed by atoms with E-state index in [1.165, 1.54) is 44.9 Å². The molecule has 1 amide bonds. The number of aromatic nitrogens is 3. The van der Waals surface area contributed by atoms with Crippen LogP contribution < -0.4 is 0 Å². The number of hydrogen-bond acceptors (Lipinski definition) is 4. The molecule has 3 aliphatic rings. The van der Waals surface area contributed by atoms with E-state index in [0.29, 0.717) is 6.61 Å². The van der Waals surface area contributed by atoms with Gasteiger partial charge in [-0.25, -0.2) is 0 Å². The van der Waals surface area contributed by atoms with Gasteiger partial charge >= 0.3 is 0 Å². The van der Waals surface area contributed by atoms with Gasteiger partial charge in [0.2, 0.25) is 5.91 Å². The van der Waals surface area contributed by atoms with Crippen molar-refractivity contribution < 1.29 is 9.53 Å². The lowest BCUT2D eigenvalue weighted by Gasteiger charge is -2.37. The molecular weight excluding hydrogens is 376 g/mol. The molecule has 2 heterocycles. The highest BCUT2D eigenvalue weighted by Gasteiger charge is 2.50. The zero-order valence-corrected chi connectivity index (χ0v) is 17.7. The molecule has 1 saturated heterocycles. The fourth-order valence-corrected chi connectivity index (χ4v) is 5.45. The van der Waals surface area contributed by atoms with E-state index >= 15 is 0 Å². The topological polar surface area (TPSA) is 60.2 Å². The van der Waals surface area contributed by atoms with E-state index in [2.05, 4.69) is 14.8 Å². The Morgan fingerprint density at radius 1 is 1.13 bits per heavy atom. The maximum absolute atomic E-state index is 13.0. The van der Waals surface area contributed by atoms with Crippen LogP contribution in [0.15, 0.2) is 36.7 Å². The molecule has 0 bridgehead atoms. The fourth-order valence-electron chi connectivity index (χ4n) is 5.45. The summed E-state index contributed by atoms with van der Waals surface area (Å²) in [6, 6.07) is 10.0. The number of carbonyl (C=O) groups excluding carboxylic acids is 1. The van der Waals surface area contributed by atoms with Gasteiger partial charge in [0.25, 0.3) is 0 Å². The minimum Gasteiger partial charge on any atom is -0.367 e. The number of benzene rings is 1. The Morgan fingerprint density at radius 2 is 1.93 bits per heavy atom. The van der Waals surface area contributed by atoms with Crippen molar-refractivity contribution in [3.63, 3.8) is 0 Å². The van der Waals surface area contributed by atoms with E-state index in [1.54, 1.807) is 0 Å². The normalized spacial score (nSPS) is 23.2. The Bertz CT molecular complexity index is 855. The molecule has 1 spiro atoms. The van der Waals surface area contributed by atoms with Crippen LogP contribution in [-0.2, 0) is 22.7 Å². The van der Waals surface area contributed by atoms with Crippen LogP contribution in [0.25, 0.3) is 0 Å². The molecule has 2 saturated carbocycles. The van der Waals surface area contributed by atoms with Crippen LogP contribution in [0.2, 0.25) is 0 Å². The molecule has 1 unspecified atom stereocenters. The first kappa shape index (κ1) is 19.7. The minimum atomic E-state index is 0.103. The van der Waals surface area contributed by atoms with E-state index < -0.39 is 0 Å². The molecule has 3 fully saturated rings. The predicted octanol–water partition coefficient (Wildman–Crippen LogP) is 3.78. The van der Waals surface area contributed by atoms with Crippen LogP contribution in [0, 0.1) is 11.3 Å². The Balaban J connectivity index is 1.28. The van der Waals surface area contributed by atoms with E-state index in [-0.39, 0.29) is 23.8 Å². The van der Waals surface area contributed by atoms with Crippen LogP contribution in [0.4, 0.5) is 0 Å². The fraction of sp³-hybridized carbons (Fsp3) is 0.625. The molecule has 6 nitrogen and oxygen atoms in total. The lowest BCUT2D eigenvalue weighted by Crippen LogP contribution is -2.36. The van der Waals surface area contributed by atoms with Crippen LogP contribution >= 0.6 is 0 Å². The Kier molecular flexibility index (Phi) is 5.59. The van der Waals surface area contributed by atoms with Gasteiger partial charge in [-0.1, -0.05) is 49.6 Å². The molecule has 160 valence electrons. The SMILES string of the molecule is O=C(COCc1ccccc1)N1CC(c2nncn2CC2CC2)C2(CCCCC2)C1. The molecule has 2 aromatic rings. The van der Waals surface area contributed by atoms with Crippen molar-refractivity contribution in [3.8, 4) is 0 Å². The summed E-state index contributed by atoms with van der Waals surface area (Å²) < 4.78 is 8.03. The third-order valence-electron chi connectivity index (χ3n) is 7.30. The summed E-state index contributed by atoms with van der Waals surface area (Å²) in [5.74, 6) is 2.28. The van der Waals surface area contributed by atoms with Crippen molar-refractivity contribution in [3.05, 3.63) is 48.0 Å². The van der Waals surface area contributed by atoms with E-state index in [0.717, 1.165) is 36.9 Å². The lowest BCUT2D eigenvalue weighted by molar-refractivity contribution is -0.136. The number of rotatable bonds is 7. The molecular formula is C24H32N4O2. The Labute approximate surface area is 178 Å². The second-order valence-corrected chi connectivity index (χ2v) is 9.51. The van der Waals surface area contributed by atoms with Crippen molar-refractivity contribution in [1.82, 2.24) is 19.7 Å². The second-order valence-electron chi connectivity index (χ2n) is 9.51. The molecule has 0 N–H and O–H groups in total.